The highest BCUT2D eigenvalue weighted by atomic mass is 32.1. The molecule has 394 valence electrons. The van der Waals surface area contributed by atoms with Crippen LogP contribution < -0.4 is 9.80 Å². The molecule has 1 aromatic heterocycles. The number of halogens is 2. The largest absolute Gasteiger partial charge is 0.310 e. The van der Waals surface area contributed by atoms with E-state index in [0.29, 0.717) is 0 Å². The van der Waals surface area contributed by atoms with E-state index < -0.39 is 10.8 Å². The van der Waals surface area contributed by atoms with Crippen LogP contribution >= 0.6 is 11.3 Å². The van der Waals surface area contributed by atoms with Crippen LogP contribution in [0.25, 0.3) is 54.6 Å². The normalized spacial score (nSPS) is 15.5. The Morgan fingerprint density at radius 3 is 1.02 bits per heavy atom. The molecule has 13 aromatic rings. The van der Waals surface area contributed by atoms with E-state index in [-0.39, 0.29) is 11.6 Å². The Bertz CT molecular complexity index is 4370. The highest BCUT2D eigenvalue weighted by molar-refractivity contribution is 7.25. The standard InChI is InChI=1S/C78H52F2N2S/c1-3-51-23-27-55(28-24-51)77(53-15-7-5-8-16-53)71-21-13-11-19-65(71)67-43-39-61(47-73(67)77)81(59-35-31-57(79)32-36-59)63-41-45-69-70-46-42-64(50-76(70)83-75(69)49-63)82(60-37-33-58(80)34-38-60)62-40-44-68-66-20-12-14-22-72(66)78(74(68)48-62,54-17-9-6-10-18-54)56-29-25-52(4-2)26-30-56/h3-50H,1-2H2. The number of nitrogens with zero attached hydrogens (tertiary/aromatic N) is 2. The summed E-state index contributed by atoms with van der Waals surface area (Å²) in [6.45, 7) is 8.13. The van der Waals surface area contributed by atoms with E-state index in [9.17, 15) is 8.78 Å². The molecule has 2 nitrogen and oxygen atoms in total. The summed E-state index contributed by atoms with van der Waals surface area (Å²) in [5, 5.41) is 2.27. The first-order chi connectivity index (χ1) is 40.8. The highest BCUT2D eigenvalue weighted by Gasteiger charge is 2.48. The predicted octanol–water partition coefficient (Wildman–Crippen LogP) is 21.3. The van der Waals surface area contributed by atoms with Gasteiger partial charge in [-0.25, -0.2) is 8.78 Å². The van der Waals surface area contributed by atoms with Crippen molar-refractivity contribution in [2.75, 3.05) is 9.80 Å². The summed E-state index contributed by atoms with van der Waals surface area (Å²) >= 11 is 1.74. The minimum Gasteiger partial charge on any atom is -0.310 e. The lowest BCUT2D eigenvalue weighted by molar-refractivity contribution is 0.627. The van der Waals surface area contributed by atoms with Crippen molar-refractivity contribution < 1.29 is 8.78 Å². The van der Waals surface area contributed by atoms with Gasteiger partial charge in [0.05, 0.1) is 10.8 Å². The number of anilines is 6. The summed E-state index contributed by atoms with van der Waals surface area (Å²) in [4.78, 5) is 4.50. The minimum absolute atomic E-state index is 0.298. The van der Waals surface area contributed by atoms with Gasteiger partial charge in [-0.05, 0) is 175 Å². The highest BCUT2D eigenvalue weighted by Crippen LogP contribution is 2.59. The first kappa shape index (κ1) is 49.8. The van der Waals surface area contributed by atoms with E-state index in [4.69, 9.17) is 0 Å². The molecule has 83 heavy (non-hydrogen) atoms. The molecule has 5 heteroatoms. The van der Waals surface area contributed by atoms with Crippen molar-refractivity contribution in [2.24, 2.45) is 0 Å². The second kappa shape index (κ2) is 19.8. The lowest BCUT2D eigenvalue weighted by Crippen LogP contribution is -2.28. The van der Waals surface area contributed by atoms with Gasteiger partial charge in [0.2, 0.25) is 0 Å². The van der Waals surface area contributed by atoms with Crippen LogP contribution in [0.4, 0.5) is 42.9 Å². The van der Waals surface area contributed by atoms with Crippen LogP contribution in [-0.4, -0.2) is 0 Å². The zero-order valence-electron chi connectivity index (χ0n) is 45.2. The van der Waals surface area contributed by atoms with Gasteiger partial charge in [0, 0.05) is 54.3 Å². The van der Waals surface area contributed by atoms with Crippen molar-refractivity contribution in [1.82, 2.24) is 0 Å². The van der Waals surface area contributed by atoms with Gasteiger partial charge in [-0.15, -0.1) is 11.3 Å². The maximum Gasteiger partial charge on any atom is 0.123 e. The second-order valence-corrected chi connectivity index (χ2v) is 22.6. The van der Waals surface area contributed by atoms with Gasteiger partial charge < -0.3 is 9.80 Å². The van der Waals surface area contributed by atoms with Gasteiger partial charge in [0.1, 0.15) is 11.6 Å². The Labute approximate surface area is 486 Å². The molecule has 0 saturated heterocycles. The molecule has 0 N–H and O–H groups in total. The van der Waals surface area contributed by atoms with Gasteiger partial charge in [-0.2, -0.15) is 0 Å². The number of fused-ring (bicyclic) bond motifs is 9. The average molecular weight is 1090 g/mol. The molecule has 1 heterocycles. The van der Waals surface area contributed by atoms with Crippen molar-refractivity contribution in [3.8, 4) is 22.3 Å². The van der Waals surface area contributed by atoms with Crippen LogP contribution in [0.3, 0.4) is 0 Å². The van der Waals surface area contributed by atoms with Crippen molar-refractivity contribution in [2.45, 2.75) is 10.8 Å². The summed E-state index contributed by atoms with van der Waals surface area (Å²) < 4.78 is 32.1. The quantitative estimate of drug-likeness (QED) is 0.120. The van der Waals surface area contributed by atoms with Gasteiger partial charge in [0.15, 0.2) is 0 Å². The summed E-state index contributed by atoms with van der Waals surface area (Å²) in [5.41, 5.74) is 20.5. The van der Waals surface area contributed by atoms with Gasteiger partial charge in [0.25, 0.3) is 0 Å². The van der Waals surface area contributed by atoms with Crippen molar-refractivity contribution in [3.05, 3.63) is 359 Å². The average Bonchev–Trinajstić information content (AvgIpc) is 2.38. The lowest BCUT2D eigenvalue weighted by Gasteiger charge is -2.35. The van der Waals surface area contributed by atoms with E-state index in [1.807, 2.05) is 36.4 Å². The zero-order valence-corrected chi connectivity index (χ0v) is 46.0. The summed E-state index contributed by atoms with van der Waals surface area (Å²) in [7, 11) is 0. The molecule has 12 aromatic carbocycles. The summed E-state index contributed by atoms with van der Waals surface area (Å²) in [6, 6.07) is 97.3. The van der Waals surface area contributed by atoms with Crippen molar-refractivity contribution in [1.29, 1.82) is 0 Å². The molecule has 0 aliphatic heterocycles. The Hall–Kier alpha value is -10.2. The predicted molar refractivity (Wildman–Crippen MR) is 343 cm³/mol. The Morgan fingerprint density at radius 2 is 0.627 bits per heavy atom. The molecular formula is C78H52F2N2S. The van der Waals surface area contributed by atoms with Crippen molar-refractivity contribution >= 4 is 77.8 Å². The Morgan fingerprint density at radius 1 is 0.301 bits per heavy atom. The number of rotatable bonds is 12. The monoisotopic (exact) mass is 1090 g/mol. The maximum absolute atomic E-state index is 14.9. The molecule has 2 aliphatic rings. The molecule has 2 aliphatic carbocycles. The smallest absolute Gasteiger partial charge is 0.123 e. The van der Waals surface area contributed by atoms with E-state index in [2.05, 4.69) is 253 Å². The third kappa shape index (κ3) is 7.80. The van der Waals surface area contributed by atoms with E-state index in [1.54, 1.807) is 11.3 Å². The molecule has 0 saturated carbocycles. The van der Waals surface area contributed by atoms with Gasteiger partial charge in [-0.3, -0.25) is 0 Å². The molecule has 0 amide bonds. The van der Waals surface area contributed by atoms with Crippen LogP contribution in [0.1, 0.15) is 55.6 Å². The Kier molecular flexibility index (Phi) is 11.9. The van der Waals surface area contributed by atoms with E-state index in [0.717, 1.165) is 76.6 Å². The van der Waals surface area contributed by atoms with Crippen LogP contribution in [0.15, 0.2) is 292 Å². The number of benzene rings is 12. The second-order valence-electron chi connectivity index (χ2n) is 21.5. The molecule has 0 bridgehead atoms. The fourth-order valence-corrected chi connectivity index (χ4v) is 14.8. The van der Waals surface area contributed by atoms with Crippen LogP contribution in [0, 0.1) is 11.6 Å². The molecule has 0 fully saturated rings. The Balaban J connectivity index is 0.882. The summed E-state index contributed by atoms with van der Waals surface area (Å²) in [6.07, 6.45) is 3.78. The molecule has 2 unspecified atom stereocenters. The first-order valence-corrected chi connectivity index (χ1v) is 28.8. The number of thiophene rings is 1. The SMILES string of the molecule is C=Cc1ccc(C2(c3ccccc3)c3ccccc3-c3ccc(N(c4ccc(F)cc4)c4ccc5c(c4)sc4cc(N(c6ccc(F)cc6)c6ccc7c(c6)C(c6ccccc6)(c6ccc(C=C)cc6)c6ccccc6-7)ccc45)cc32)cc1. The lowest BCUT2D eigenvalue weighted by atomic mass is 9.67. The molecule has 0 spiro atoms. The van der Waals surface area contributed by atoms with Gasteiger partial charge >= 0.3 is 0 Å². The third-order valence-electron chi connectivity index (χ3n) is 17.3. The topological polar surface area (TPSA) is 6.48 Å². The number of hydrogen-bond acceptors (Lipinski definition) is 3. The minimum atomic E-state index is -0.639. The fraction of sp³-hybridized carbons (Fsp3) is 0.0256. The van der Waals surface area contributed by atoms with Crippen LogP contribution in [0.2, 0.25) is 0 Å². The van der Waals surface area contributed by atoms with Crippen molar-refractivity contribution in [3.63, 3.8) is 0 Å². The molecule has 2 atom stereocenters. The third-order valence-corrected chi connectivity index (χ3v) is 18.4. The summed E-state index contributed by atoms with van der Waals surface area (Å²) in [5.74, 6) is -0.595. The maximum atomic E-state index is 14.9. The zero-order chi connectivity index (χ0) is 55.8. The molecule has 15 rings (SSSR count). The van der Waals surface area contributed by atoms with Crippen LogP contribution in [-0.2, 0) is 10.8 Å². The van der Waals surface area contributed by atoms with Crippen LogP contribution in [0.5, 0.6) is 0 Å². The molecular weight excluding hydrogens is 1030 g/mol. The first-order valence-electron chi connectivity index (χ1n) is 28.0. The van der Waals surface area contributed by atoms with E-state index in [1.165, 1.54) is 79.9 Å². The van der Waals surface area contributed by atoms with E-state index >= 15 is 0 Å². The molecule has 0 radical (unpaired) electrons. The number of hydrogen-bond donors (Lipinski definition) is 0. The fourth-order valence-electron chi connectivity index (χ4n) is 13.6. The van der Waals surface area contributed by atoms with Gasteiger partial charge in [-0.1, -0.05) is 207 Å².